The number of hydrogen-bond donors (Lipinski definition) is 2. The van der Waals surface area contributed by atoms with Gasteiger partial charge in [-0.3, -0.25) is 4.79 Å². The smallest absolute Gasteiger partial charge is 0.140 e. The largest absolute Gasteiger partial charge is 0.396 e. The Bertz CT molecular complexity index is 924. The second-order valence-electron chi connectivity index (χ2n) is 10.2. The van der Waals surface area contributed by atoms with E-state index < -0.39 is 5.60 Å². The first-order chi connectivity index (χ1) is 15.1. The van der Waals surface area contributed by atoms with Crippen molar-refractivity contribution in [3.05, 3.63) is 69.2 Å². The van der Waals surface area contributed by atoms with Crippen molar-refractivity contribution in [3.8, 4) is 0 Å². The van der Waals surface area contributed by atoms with E-state index in [1.807, 2.05) is 39.0 Å². The summed E-state index contributed by atoms with van der Waals surface area (Å²) >= 11 is 6.40. The molecule has 0 fully saturated rings. The van der Waals surface area contributed by atoms with Crippen LogP contribution in [0.4, 0.5) is 0 Å². The van der Waals surface area contributed by atoms with Gasteiger partial charge in [-0.15, -0.1) is 0 Å². The lowest BCUT2D eigenvalue weighted by atomic mass is 9.72. The third-order valence-electron chi connectivity index (χ3n) is 7.14. The van der Waals surface area contributed by atoms with E-state index in [0.29, 0.717) is 30.2 Å². The van der Waals surface area contributed by atoms with Crippen molar-refractivity contribution in [1.29, 1.82) is 0 Å². The van der Waals surface area contributed by atoms with Gasteiger partial charge >= 0.3 is 0 Å². The molecule has 174 valence electrons. The Balaban J connectivity index is 1.89. The molecule has 0 aromatic heterocycles. The van der Waals surface area contributed by atoms with Crippen molar-refractivity contribution in [2.24, 2.45) is 11.8 Å². The fraction of sp³-hybridized carbons (Fsp3) is 0.536. The third-order valence-corrected chi connectivity index (χ3v) is 7.50. The van der Waals surface area contributed by atoms with Crippen LogP contribution in [0.25, 0.3) is 0 Å². The highest BCUT2D eigenvalue weighted by Crippen LogP contribution is 2.37. The fourth-order valence-electron chi connectivity index (χ4n) is 5.08. The maximum Gasteiger partial charge on any atom is 0.140 e. The number of benzene rings is 2. The molecule has 3 atom stereocenters. The summed E-state index contributed by atoms with van der Waals surface area (Å²) in [4.78, 5) is 13.5. The zero-order chi connectivity index (χ0) is 23.5. The Hall–Kier alpha value is -1.68. The minimum atomic E-state index is -0.725. The summed E-state index contributed by atoms with van der Waals surface area (Å²) in [5.41, 5.74) is 5.02. The van der Waals surface area contributed by atoms with Gasteiger partial charge in [0.15, 0.2) is 0 Å². The fourth-order valence-corrected chi connectivity index (χ4v) is 5.37. The van der Waals surface area contributed by atoms with Gasteiger partial charge in [0.1, 0.15) is 5.78 Å². The van der Waals surface area contributed by atoms with Gasteiger partial charge in [-0.05, 0) is 98.6 Å². The van der Waals surface area contributed by atoms with Gasteiger partial charge in [0.05, 0.1) is 5.60 Å². The quantitative estimate of drug-likeness (QED) is 0.551. The van der Waals surface area contributed by atoms with E-state index in [2.05, 4.69) is 25.1 Å². The van der Waals surface area contributed by atoms with Crippen LogP contribution >= 0.6 is 11.6 Å². The van der Waals surface area contributed by atoms with E-state index >= 15 is 0 Å². The van der Waals surface area contributed by atoms with Gasteiger partial charge in [-0.25, -0.2) is 0 Å². The summed E-state index contributed by atoms with van der Waals surface area (Å²) in [6, 6.07) is 12.2. The molecular formula is C28H37ClO3. The molecule has 3 nitrogen and oxygen atoms in total. The lowest BCUT2D eigenvalue weighted by molar-refractivity contribution is -0.124. The first-order valence-corrected chi connectivity index (χ1v) is 12.2. The summed E-state index contributed by atoms with van der Waals surface area (Å²) in [5, 5.41) is 21.2. The molecule has 3 rings (SSSR count). The average Bonchev–Trinajstić information content (AvgIpc) is 2.72. The van der Waals surface area contributed by atoms with Gasteiger partial charge < -0.3 is 10.2 Å². The van der Waals surface area contributed by atoms with Crippen LogP contribution < -0.4 is 0 Å². The Kier molecular flexibility index (Phi) is 8.19. The number of fused-ring (bicyclic) bond motifs is 1. The number of aryl methyl sites for hydroxylation is 2. The van der Waals surface area contributed by atoms with Crippen LogP contribution in [0.5, 0.6) is 0 Å². The maximum absolute atomic E-state index is 13.5. The molecule has 2 N–H and O–H groups in total. The molecule has 1 aliphatic rings. The molecule has 0 aliphatic heterocycles. The number of carbonyl (C=O) groups is 1. The zero-order valence-corrected chi connectivity index (χ0v) is 20.6. The third kappa shape index (κ3) is 6.01. The number of rotatable bonds is 7. The van der Waals surface area contributed by atoms with E-state index in [0.717, 1.165) is 30.4 Å². The van der Waals surface area contributed by atoms with Gasteiger partial charge in [0.25, 0.3) is 0 Å². The van der Waals surface area contributed by atoms with E-state index in [4.69, 9.17) is 11.6 Å². The number of Topliss-reactive ketones (excluding diaryl/α,β-unsaturated/α-hetero) is 1. The molecule has 0 bridgehead atoms. The molecule has 3 unspecified atom stereocenters. The van der Waals surface area contributed by atoms with Crippen LogP contribution in [-0.4, -0.2) is 28.2 Å². The van der Waals surface area contributed by atoms with Gasteiger partial charge in [0, 0.05) is 24.0 Å². The van der Waals surface area contributed by atoms with Crippen molar-refractivity contribution in [3.63, 3.8) is 0 Å². The maximum atomic E-state index is 13.5. The molecule has 32 heavy (non-hydrogen) atoms. The second kappa shape index (κ2) is 10.5. The van der Waals surface area contributed by atoms with Crippen molar-refractivity contribution < 1.29 is 15.0 Å². The van der Waals surface area contributed by atoms with Crippen LogP contribution in [0, 0.1) is 18.8 Å². The van der Waals surface area contributed by atoms with Crippen LogP contribution in [0.3, 0.4) is 0 Å². The number of carbonyl (C=O) groups excluding carboxylic acids is 1. The molecule has 4 heteroatoms. The Labute approximate surface area is 197 Å². The Morgan fingerprint density at radius 1 is 1.16 bits per heavy atom. The van der Waals surface area contributed by atoms with Crippen molar-refractivity contribution in [2.75, 3.05) is 6.61 Å². The predicted molar refractivity (Wildman–Crippen MR) is 131 cm³/mol. The van der Waals surface area contributed by atoms with Crippen molar-refractivity contribution in [2.45, 2.75) is 77.7 Å². The summed E-state index contributed by atoms with van der Waals surface area (Å²) < 4.78 is 0. The van der Waals surface area contributed by atoms with E-state index in [-0.39, 0.29) is 24.2 Å². The molecule has 1 aliphatic carbocycles. The lowest BCUT2D eigenvalue weighted by Crippen LogP contribution is -2.32. The van der Waals surface area contributed by atoms with Gasteiger partial charge in [0.2, 0.25) is 0 Å². The molecule has 0 spiro atoms. The lowest BCUT2D eigenvalue weighted by Gasteiger charge is -2.32. The molecule has 0 radical (unpaired) electrons. The van der Waals surface area contributed by atoms with Gasteiger partial charge in [-0.1, -0.05) is 48.9 Å². The van der Waals surface area contributed by atoms with E-state index in [9.17, 15) is 15.0 Å². The summed E-state index contributed by atoms with van der Waals surface area (Å²) in [6.07, 6.45) is 4.16. The monoisotopic (exact) mass is 456 g/mol. The van der Waals surface area contributed by atoms with Gasteiger partial charge in [-0.2, -0.15) is 0 Å². The highest BCUT2D eigenvalue weighted by Gasteiger charge is 2.32. The van der Waals surface area contributed by atoms with Crippen LogP contribution in [-0.2, 0) is 24.1 Å². The first kappa shape index (κ1) is 25.0. The predicted octanol–water partition coefficient (Wildman–Crippen LogP) is 5.83. The molecule has 0 heterocycles. The first-order valence-electron chi connectivity index (χ1n) is 11.8. The molecule has 2 aromatic rings. The van der Waals surface area contributed by atoms with Crippen molar-refractivity contribution >= 4 is 17.4 Å². The number of halogens is 1. The Morgan fingerprint density at radius 2 is 1.88 bits per heavy atom. The number of ketones is 1. The summed E-state index contributed by atoms with van der Waals surface area (Å²) in [6.45, 7) is 7.89. The van der Waals surface area contributed by atoms with Crippen molar-refractivity contribution in [1.82, 2.24) is 0 Å². The van der Waals surface area contributed by atoms with E-state index in [1.54, 1.807) is 0 Å². The second-order valence-corrected chi connectivity index (χ2v) is 10.6. The molecule has 0 amide bonds. The average molecular weight is 457 g/mol. The highest BCUT2D eigenvalue weighted by atomic mass is 35.5. The highest BCUT2D eigenvalue weighted by molar-refractivity contribution is 6.31. The molecular weight excluding hydrogens is 420 g/mol. The topological polar surface area (TPSA) is 57.5 Å². The number of aliphatic hydroxyl groups excluding tert-OH is 1. The molecule has 0 saturated carbocycles. The standard InChI is InChI=1S/C28H37ClO3/c1-18-7-5-10-26(29)24(18)16-27(31)23-12-11-19(2)22-9-6-8-20(13-14-28(3,4)32)25(22)15-21(23)17-30/h5-10,19,21,23,30,32H,11-17H2,1-4H3. The minimum absolute atomic E-state index is 0.00837. The SMILES string of the molecule is Cc1cccc(Cl)c1CC(=O)C1CCC(C)c2cccc(CCC(C)(C)O)c2CC1CO. The molecule has 0 saturated heterocycles. The summed E-state index contributed by atoms with van der Waals surface area (Å²) in [7, 11) is 0. The normalized spacial score (nSPS) is 21.5. The van der Waals surface area contributed by atoms with Crippen LogP contribution in [0.15, 0.2) is 36.4 Å². The summed E-state index contributed by atoms with van der Waals surface area (Å²) in [5.74, 6) is 0.224. The zero-order valence-electron chi connectivity index (χ0n) is 19.8. The molecule has 2 aromatic carbocycles. The number of aliphatic hydroxyl groups is 2. The van der Waals surface area contributed by atoms with Crippen LogP contribution in [0.2, 0.25) is 5.02 Å². The van der Waals surface area contributed by atoms with E-state index in [1.165, 1.54) is 16.7 Å². The van der Waals surface area contributed by atoms with Crippen LogP contribution in [0.1, 0.15) is 73.8 Å². The Morgan fingerprint density at radius 3 is 2.53 bits per heavy atom. The number of hydrogen-bond acceptors (Lipinski definition) is 3. The minimum Gasteiger partial charge on any atom is -0.396 e.